The van der Waals surface area contributed by atoms with Gasteiger partial charge in [0.1, 0.15) is 5.75 Å². The molecule has 24 heavy (non-hydrogen) atoms. The van der Waals surface area contributed by atoms with E-state index in [9.17, 15) is 18.7 Å². The average Bonchev–Trinajstić information content (AvgIpc) is 2.53. The zero-order valence-corrected chi connectivity index (χ0v) is 14.2. The van der Waals surface area contributed by atoms with E-state index in [0.29, 0.717) is 12.1 Å². The van der Waals surface area contributed by atoms with Gasteiger partial charge >= 0.3 is 6.61 Å². The third kappa shape index (κ3) is 5.58. The fraction of sp³-hybridized carbons (Fsp3) is 0.562. The van der Waals surface area contributed by atoms with Crippen LogP contribution >= 0.6 is 12.4 Å². The smallest absolute Gasteiger partial charge is 0.387 e. The van der Waals surface area contributed by atoms with Gasteiger partial charge in [0, 0.05) is 13.1 Å². The number of carbonyl (C=O) groups is 1. The van der Waals surface area contributed by atoms with Gasteiger partial charge in [-0.25, -0.2) is 0 Å². The lowest BCUT2D eigenvalue weighted by Crippen LogP contribution is -2.49. The highest BCUT2D eigenvalue weighted by molar-refractivity contribution is 5.85. The van der Waals surface area contributed by atoms with Crippen LogP contribution in [0.25, 0.3) is 0 Å². The predicted molar refractivity (Wildman–Crippen MR) is 88.5 cm³/mol. The number of piperidine rings is 1. The number of rotatable bonds is 6. The maximum absolute atomic E-state index is 12.3. The monoisotopic (exact) mass is 364 g/mol. The molecule has 0 bridgehead atoms. The third-order valence-corrected chi connectivity index (χ3v) is 4.09. The second-order valence-corrected chi connectivity index (χ2v) is 6.01. The van der Waals surface area contributed by atoms with Gasteiger partial charge in [0.05, 0.1) is 11.5 Å². The van der Waals surface area contributed by atoms with Gasteiger partial charge in [-0.2, -0.15) is 8.78 Å². The molecule has 1 aromatic rings. The number of benzene rings is 1. The Bertz CT molecular complexity index is 523. The Labute approximate surface area is 146 Å². The maximum atomic E-state index is 12.3. The topological polar surface area (TPSA) is 70.6 Å². The van der Waals surface area contributed by atoms with Crippen molar-refractivity contribution in [1.82, 2.24) is 10.6 Å². The SMILES string of the molecule is CC1(C(=O)NCC(O)c2ccc(OC(F)F)cc2)CCCNC1.Cl. The molecule has 1 fully saturated rings. The lowest BCUT2D eigenvalue weighted by Gasteiger charge is -2.32. The van der Waals surface area contributed by atoms with Gasteiger partial charge in [0.15, 0.2) is 0 Å². The Kier molecular flexibility index (Phi) is 7.86. The molecule has 5 nitrogen and oxygen atoms in total. The van der Waals surface area contributed by atoms with Crippen molar-refractivity contribution in [2.24, 2.45) is 5.41 Å². The van der Waals surface area contributed by atoms with E-state index in [1.807, 2.05) is 6.92 Å². The van der Waals surface area contributed by atoms with Crippen molar-refractivity contribution in [3.63, 3.8) is 0 Å². The molecular weight excluding hydrogens is 342 g/mol. The van der Waals surface area contributed by atoms with Crippen LogP contribution in [0.1, 0.15) is 31.4 Å². The summed E-state index contributed by atoms with van der Waals surface area (Å²) in [5.41, 5.74) is 0.0614. The average molecular weight is 365 g/mol. The van der Waals surface area contributed by atoms with Crippen LogP contribution in [0.3, 0.4) is 0 Å². The number of amides is 1. The van der Waals surface area contributed by atoms with E-state index in [1.165, 1.54) is 24.3 Å². The first-order valence-electron chi connectivity index (χ1n) is 7.62. The summed E-state index contributed by atoms with van der Waals surface area (Å²) < 4.78 is 28.4. The molecule has 1 heterocycles. The van der Waals surface area contributed by atoms with Crippen molar-refractivity contribution in [2.75, 3.05) is 19.6 Å². The summed E-state index contributed by atoms with van der Waals surface area (Å²) in [6, 6.07) is 5.72. The number of hydrogen-bond donors (Lipinski definition) is 3. The number of ether oxygens (including phenoxy) is 1. The van der Waals surface area contributed by atoms with Gasteiger partial charge in [-0.1, -0.05) is 12.1 Å². The minimum Gasteiger partial charge on any atom is -0.435 e. The fourth-order valence-electron chi connectivity index (χ4n) is 2.64. The zero-order chi connectivity index (χ0) is 16.9. The molecule has 2 atom stereocenters. The van der Waals surface area contributed by atoms with Crippen LogP contribution in [-0.4, -0.2) is 37.3 Å². The number of nitrogens with one attached hydrogen (secondary N) is 2. The Hall–Kier alpha value is -1.44. The molecule has 2 unspecified atom stereocenters. The van der Waals surface area contributed by atoms with Crippen LogP contribution in [-0.2, 0) is 4.79 Å². The first kappa shape index (κ1) is 20.6. The van der Waals surface area contributed by atoms with Crippen LogP contribution in [0.4, 0.5) is 8.78 Å². The summed E-state index contributed by atoms with van der Waals surface area (Å²) in [6.45, 7) is 0.628. The Morgan fingerprint density at radius 3 is 2.62 bits per heavy atom. The van der Waals surface area contributed by atoms with E-state index < -0.39 is 18.1 Å². The molecule has 0 saturated carbocycles. The van der Waals surface area contributed by atoms with Gasteiger partial charge in [-0.15, -0.1) is 12.4 Å². The van der Waals surface area contributed by atoms with E-state index in [4.69, 9.17) is 0 Å². The lowest BCUT2D eigenvalue weighted by molar-refractivity contribution is -0.131. The summed E-state index contributed by atoms with van der Waals surface area (Å²) >= 11 is 0. The van der Waals surface area contributed by atoms with Gasteiger partial charge in [-0.3, -0.25) is 4.79 Å². The fourth-order valence-corrected chi connectivity index (χ4v) is 2.64. The van der Waals surface area contributed by atoms with Crippen LogP contribution in [0.2, 0.25) is 0 Å². The molecule has 0 radical (unpaired) electrons. The predicted octanol–water partition coefficient (Wildman–Crippen LogP) is 2.25. The largest absolute Gasteiger partial charge is 0.435 e. The van der Waals surface area contributed by atoms with Crippen LogP contribution in [0.5, 0.6) is 5.75 Å². The van der Waals surface area contributed by atoms with Crippen LogP contribution in [0.15, 0.2) is 24.3 Å². The number of carbonyl (C=O) groups excluding carboxylic acids is 1. The van der Waals surface area contributed by atoms with Crippen molar-refractivity contribution >= 4 is 18.3 Å². The number of alkyl halides is 2. The number of halogens is 3. The van der Waals surface area contributed by atoms with Crippen molar-refractivity contribution in [3.05, 3.63) is 29.8 Å². The highest BCUT2D eigenvalue weighted by atomic mass is 35.5. The molecule has 1 aliphatic rings. The molecule has 1 amide bonds. The van der Waals surface area contributed by atoms with Crippen molar-refractivity contribution < 1.29 is 23.4 Å². The van der Waals surface area contributed by atoms with Gasteiger partial charge in [0.2, 0.25) is 5.91 Å². The van der Waals surface area contributed by atoms with E-state index in [2.05, 4.69) is 15.4 Å². The van der Waals surface area contributed by atoms with Crippen molar-refractivity contribution in [2.45, 2.75) is 32.5 Å². The van der Waals surface area contributed by atoms with Gasteiger partial charge in [0.25, 0.3) is 0 Å². The molecule has 1 saturated heterocycles. The van der Waals surface area contributed by atoms with E-state index in [0.717, 1.165) is 19.4 Å². The number of aliphatic hydroxyl groups is 1. The summed E-state index contributed by atoms with van der Waals surface area (Å²) in [7, 11) is 0. The summed E-state index contributed by atoms with van der Waals surface area (Å²) in [5, 5.41) is 16.1. The first-order valence-corrected chi connectivity index (χ1v) is 7.62. The number of aliphatic hydroxyl groups excluding tert-OH is 1. The van der Waals surface area contributed by atoms with Crippen molar-refractivity contribution in [3.8, 4) is 5.75 Å². The molecule has 0 aromatic heterocycles. The minimum atomic E-state index is -2.88. The molecule has 2 rings (SSSR count). The summed E-state index contributed by atoms with van der Waals surface area (Å²) in [6.07, 6.45) is 0.847. The third-order valence-electron chi connectivity index (χ3n) is 4.09. The second-order valence-electron chi connectivity index (χ2n) is 6.01. The minimum absolute atomic E-state index is 0. The molecule has 1 aliphatic heterocycles. The molecule has 0 aliphatic carbocycles. The summed E-state index contributed by atoms with van der Waals surface area (Å²) in [4.78, 5) is 12.3. The van der Waals surface area contributed by atoms with E-state index >= 15 is 0 Å². The molecule has 0 spiro atoms. The second kappa shape index (κ2) is 9.15. The molecular formula is C16H23ClF2N2O3. The van der Waals surface area contributed by atoms with E-state index in [-0.39, 0.29) is 30.6 Å². The van der Waals surface area contributed by atoms with E-state index in [1.54, 1.807) is 0 Å². The normalized spacial score (nSPS) is 21.7. The standard InChI is InChI=1S/C16H22F2N2O3.ClH/c1-16(7-2-8-19-10-16)14(22)20-9-13(21)11-3-5-12(6-4-11)23-15(17)18;/h3-6,13,15,19,21H,2,7-10H2,1H3,(H,20,22);1H. The van der Waals surface area contributed by atoms with Gasteiger partial charge < -0.3 is 20.5 Å². The van der Waals surface area contributed by atoms with Gasteiger partial charge in [-0.05, 0) is 44.0 Å². The molecule has 1 aromatic carbocycles. The number of hydrogen-bond acceptors (Lipinski definition) is 4. The first-order chi connectivity index (χ1) is 10.9. The quantitative estimate of drug-likeness (QED) is 0.724. The summed E-state index contributed by atoms with van der Waals surface area (Å²) in [5.74, 6) is -0.0674. The Balaban J connectivity index is 0.00000288. The van der Waals surface area contributed by atoms with Crippen LogP contribution in [0, 0.1) is 5.41 Å². The molecule has 136 valence electrons. The lowest BCUT2D eigenvalue weighted by atomic mass is 9.82. The Morgan fingerprint density at radius 1 is 1.42 bits per heavy atom. The zero-order valence-electron chi connectivity index (χ0n) is 13.4. The highest BCUT2D eigenvalue weighted by Crippen LogP contribution is 2.26. The highest BCUT2D eigenvalue weighted by Gasteiger charge is 2.34. The maximum Gasteiger partial charge on any atom is 0.387 e. The Morgan fingerprint density at radius 2 is 2.08 bits per heavy atom. The molecule has 8 heteroatoms. The van der Waals surface area contributed by atoms with Crippen LogP contribution < -0.4 is 15.4 Å². The molecule has 3 N–H and O–H groups in total. The van der Waals surface area contributed by atoms with Crippen molar-refractivity contribution in [1.29, 1.82) is 0 Å².